The average molecular weight is 403 g/mol. The first-order chi connectivity index (χ1) is 13.0. The van der Waals surface area contributed by atoms with Crippen molar-refractivity contribution in [3.8, 4) is 22.1 Å². The molecule has 0 aliphatic heterocycles. The van der Waals surface area contributed by atoms with E-state index in [1.807, 2.05) is 55.8 Å². The molecule has 0 aliphatic rings. The minimum Gasteiger partial charge on any atom is -0.493 e. The van der Waals surface area contributed by atoms with Crippen LogP contribution in [0.2, 0.25) is 0 Å². The lowest BCUT2D eigenvalue weighted by Crippen LogP contribution is -2.26. The number of rotatable bonds is 7. The molecule has 3 aromatic rings. The molecule has 142 valence electrons. The lowest BCUT2D eigenvalue weighted by atomic mass is 10.1. The van der Waals surface area contributed by atoms with Gasteiger partial charge in [0.25, 0.3) is 5.91 Å². The molecular weight excluding hydrogens is 380 g/mol. The Balaban J connectivity index is 1.76. The zero-order chi connectivity index (χ0) is 19.4. The molecule has 0 spiro atoms. The fourth-order valence-electron chi connectivity index (χ4n) is 2.69. The Bertz CT molecular complexity index is 919. The van der Waals surface area contributed by atoms with Gasteiger partial charge in [-0.05, 0) is 49.9 Å². The Kier molecular flexibility index (Phi) is 6.13. The number of hydrogen-bond donors (Lipinski definition) is 1. The van der Waals surface area contributed by atoms with Crippen molar-refractivity contribution >= 4 is 28.6 Å². The van der Waals surface area contributed by atoms with Gasteiger partial charge < -0.3 is 14.8 Å². The number of hydrogen-bond acceptors (Lipinski definition) is 6. The van der Waals surface area contributed by atoms with Crippen molar-refractivity contribution in [2.24, 2.45) is 0 Å². The molecule has 1 atom stereocenters. The van der Waals surface area contributed by atoms with Gasteiger partial charge in [-0.2, -0.15) is 11.3 Å². The predicted molar refractivity (Wildman–Crippen MR) is 110 cm³/mol. The Morgan fingerprint density at radius 1 is 1.30 bits per heavy atom. The topological polar surface area (TPSA) is 60.5 Å². The van der Waals surface area contributed by atoms with Crippen LogP contribution in [0.3, 0.4) is 0 Å². The number of benzene rings is 1. The molecule has 2 heterocycles. The third-order valence-corrected chi connectivity index (χ3v) is 5.99. The number of nitrogens with zero attached hydrogens (tertiary/aromatic N) is 1. The fourth-order valence-corrected chi connectivity index (χ4v) is 4.37. The van der Waals surface area contributed by atoms with Crippen LogP contribution in [0.25, 0.3) is 10.6 Å². The second-order valence-electron chi connectivity index (χ2n) is 5.98. The average Bonchev–Trinajstić information content (AvgIpc) is 3.31. The number of ether oxygens (including phenoxy) is 2. The fraction of sp³-hybridized carbons (Fsp3) is 0.300. The molecule has 0 aliphatic carbocycles. The highest BCUT2D eigenvalue weighted by Gasteiger charge is 2.19. The summed E-state index contributed by atoms with van der Waals surface area (Å²) in [5, 5.41) is 7.97. The Morgan fingerprint density at radius 3 is 2.78 bits per heavy atom. The SMILES string of the molecule is CCOc1ccc(C(C)NC(=O)c2sc(-c3ccsc3)nc2C)cc1OC. The van der Waals surface area contributed by atoms with Crippen LogP contribution in [0.1, 0.15) is 40.8 Å². The summed E-state index contributed by atoms with van der Waals surface area (Å²) in [6.45, 7) is 6.31. The number of thiophene rings is 1. The van der Waals surface area contributed by atoms with Gasteiger partial charge in [-0.1, -0.05) is 6.07 Å². The first-order valence-corrected chi connectivity index (χ1v) is 10.4. The van der Waals surface area contributed by atoms with Crippen molar-refractivity contribution in [3.05, 3.63) is 51.2 Å². The number of nitrogens with one attached hydrogen (secondary N) is 1. The quantitative estimate of drug-likeness (QED) is 0.599. The van der Waals surface area contributed by atoms with Crippen molar-refractivity contribution < 1.29 is 14.3 Å². The van der Waals surface area contributed by atoms with E-state index in [4.69, 9.17) is 9.47 Å². The molecule has 0 bridgehead atoms. The highest BCUT2D eigenvalue weighted by molar-refractivity contribution is 7.17. The largest absolute Gasteiger partial charge is 0.493 e. The van der Waals surface area contributed by atoms with Gasteiger partial charge in [0, 0.05) is 10.9 Å². The van der Waals surface area contributed by atoms with E-state index in [-0.39, 0.29) is 11.9 Å². The number of aryl methyl sites for hydroxylation is 1. The summed E-state index contributed by atoms with van der Waals surface area (Å²) in [5.41, 5.74) is 2.75. The van der Waals surface area contributed by atoms with Crippen molar-refractivity contribution in [2.75, 3.05) is 13.7 Å². The van der Waals surface area contributed by atoms with Gasteiger partial charge >= 0.3 is 0 Å². The monoisotopic (exact) mass is 402 g/mol. The van der Waals surface area contributed by atoms with Gasteiger partial charge in [-0.15, -0.1) is 11.3 Å². The number of aromatic nitrogens is 1. The molecule has 0 radical (unpaired) electrons. The molecule has 1 unspecified atom stereocenters. The molecule has 0 saturated heterocycles. The summed E-state index contributed by atoms with van der Waals surface area (Å²) in [4.78, 5) is 17.9. The zero-order valence-corrected chi connectivity index (χ0v) is 17.4. The summed E-state index contributed by atoms with van der Waals surface area (Å²) in [5.74, 6) is 1.23. The van der Waals surface area contributed by atoms with Gasteiger partial charge in [0.1, 0.15) is 9.88 Å². The third kappa shape index (κ3) is 4.31. The highest BCUT2D eigenvalue weighted by atomic mass is 32.1. The van der Waals surface area contributed by atoms with E-state index < -0.39 is 0 Å². The second-order valence-corrected chi connectivity index (χ2v) is 7.76. The Morgan fingerprint density at radius 2 is 2.11 bits per heavy atom. The van der Waals surface area contributed by atoms with Crippen LogP contribution in [-0.2, 0) is 0 Å². The number of carbonyl (C=O) groups excluding carboxylic acids is 1. The van der Waals surface area contributed by atoms with E-state index in [0.717, 1.165) is 21.8 Å². The lowest BCUT2D eigenvalue weighted by Gasteiger charge is -2.16. The summed E-state index contributed by atoms with van der Waals surface area (Å²) in [6.07, 6.45) is 0. The minimum absolute atomic E-state index is 0.119. The van der Waals surface area contributed by atoms with Crippen molar-refractivity contribution in [2.45, 2.75) is 26.8 Å². The van der Waals surface area contributed by atoms with E-state index in [1.54, 1.807) is 18.4 Å². The molecule has 1 amide bonds. The maximum atomic E-state index is 12.8. The van der Waals surface area contributed by atoms with Crippen LogP contribution < -0.4 is 14.8 Å². The van der Waals surface area contributed by atoms with Crippen molar-refractivity contribution in [3.63, 3.8) is 0 Å². The molecular formula is C20H22N2O3S2. The van der Waals surface area contributed by atoms with Crippen LogP contribution in [-0.4, -0.2) is 24.6 Å². The minimum atomic E-state index is -0.173. The Labute approximate surface area is 167 Å². The Hall–Kier alpha value is -2.38. The normalized spacial score (nSPS) is 11.9. The van der Waals surface area contributed by atoms with E-state index in [0.29, 0.717) is 23.0 Å². The summed E-state index contributed by atoms with van der Waals surface area (Å²) in [7, 11) is 1.61. The van der Waals surface area contributed by atoms with Gasteiger partial charge in [0.2, 0.25) is 0 Å². The molecule has 0 fully saturated rings. The number of methoxy groups -OCH3 is 1. The number of amides is 1. The van der Waals surface area contributed by atoms with Crippen molar-refractivity contribution in [1.82, 2.24) is 10.3 Å². The van der Waals surface area contributed by atoms with Crippen LogP contribution >= 0.6 is 22.7 Å². The predicted octanol–water partition coefficient (Wildman–Crippen LogP) is 5.08. The maximum Gasteiger partial charge on any atom is 0.263 e. The van der Waals surface area contributed by atoms with E-state index in [9.17, 15) is 4.79 Å². The van der Waals surface area contributed by atoms with Crippen LogP contribution in [0.4, 0.5) is 0 Å². The van der Waals surface area contributed by atoms with E-state index >= 15 is 0 Å². The number of thiazole rings is 1. The molecule has 1 aromatic carbocycles. The second kappa shape index (κ2) is 8.54. The van der Waals surface area contributed by atoms with E-state index in [1.165, 1.54) is 11.3 Å². The molecule has 3 rings (SSSR count). The summed E-state index contributed by atoms with van der Waals surface area (Å²) >= 11 is 3.04. The number of carbonyl (C=O) groups is 1. The van der Waals surface area contributed by atoms with Gasteiger partial charge in [0.05, 0.1) is 25.5 Å². The van der Waals surface area contributed by atoms with Gasteiger partial charge in [-0.25, -0.2) is 4.98 Å². The van der Waals surface area contributed by atoms with Crippen LogP contribution in [0, 0.1) is 6.92 Å². The van der Waals surface area contributed by atoms with Gasteiger partial charge in [0.15, 0.2) is 11.5 Å². The lowest BCUT2D eigenvalue weighted by molar-refractivity contribution is 0.0943. The summed E-state index contributed by atoms with van der Waals surface area (Å²) < 4.78 is 10.9. The molecule has 0 saturated carbocycles. The molecule has 27 heavy (non-hydrogen) atoms. The third-order valence-electron chi connectivity index (χ3n) is 4.11. The zero-order valence-electron chi connectivity index (χ0n) is 15.7. The molecule has 1 N–H and O–H groups in total. The van der Waals surface area contributed by atoms with E-state index in [2.05, 4.69) is 10.3 Å². The van der Waals surface area contributed by atoms with Crippen LogP contribution in [0.5, 0.6) is 11.5 Å². The standard InChI is InChI=1S/C20H22N2O3S2/c1-5-25-16-7-6-14(10-17(16)24-4)12(2)21-19(23)18-13(3)22-20(27-18)15-8-9-26-11-15/h6-12H,5H2,1-4H3,(H,21,23). The first-order valence-electron chi connectivity index (χ1n) is 8.65. The highest BCUT2D eigenvalue weighted by Crippen LogP contribution is 2.32. The molecule has 2 aromatic heterocycles. The maximum absolute atomic E-state index is 12.8. The first kappa shape index (κ1) is 19.4. The summed E-state index contributed by atoms with van der Waals surface area (Å²) in [6, 6.07) is 7.54. The van der Waals surface area contributed by atoms with Gasteiger partial charge in [-0.3, -0.25) is 4.79 Å². The smallest absolute Gasteiger partial charge is 0.263 e. The molecule has 5 nitrogen and oxygen atoms in total. The van der Waals surface area contributed by atoms with Crippen molar-refractivity contribution in [1.29, 1.82) is 0 Å². The molecule has 7 heteroatoms. The van der Waals surface area contributed by atoms with Crippen LogP contribution in [0.15, 0.2) is 35.0 Å².